The van der Waals surface area contributed by atoms with Crippen molar-refractivity contribution >= 4 is 17.4 Å². The first-order valence-corrected chi connectivity index (χ1v) is 7.92. The van der Waals surface area contributed by atoms with Crippen molar-refractivity contribution in [2.45, 2.75) is 13.8 Å². The summed E-state index contributed by atoms with van der Waals surface area (Å²) in [5.74, 6) is -2.06. The van der Waals surface area contributed by atoms with E-state index in [1.165, 1.54) is 36.4 Å². The van der Waals surface area contributed by atoms with E-state index in [1.807, 2.05) is 18.7 Å². The first-order valence-electron chi connectivity index (χ1n) is 7.92. The largest absolute Gasteiger partial charge is 0.507 e. The Kier molecular flexibility index (Phi) is 7.41. The lowest BCUT2D eigenvalue weighted by atomic mass is 9.95. The normalized spacial score (nSPS) is 11.8. The molecule has 25 heavy (non-hydrogen) atoms. The molecule has 0 radical (unpaired) electrons. The SMILES string of the molecule is C=C/C=C(C(=O)O)\C(=C/C=C)C(=O)c1ccc(N(CC)CC)cc1O. The summed E-state index contributed by atoms with van der Waals surface area (Å²) in [6.45, 7) is 12.5. The van der Waals surface area contributed by atoms with Crippen LogP contribution in [0, 0.1) is 0 Å². The van der Waals surface area contributed by atoms with Crippen LogP contribution >= 0.6 is 0 Å². The lowest BCUT2D eigenvalue weighted by Crippen LogP contribution is -2.21. The molecule has 132 valence electrons. The number of carboxylic acids is 1. The van der Waals surface area contributed by atoms with Crippen LogP contribution in [0.4, 0.5) is 5.69 Å². The molecule has 0 aromatic heterocycles. The van der Waals surface area contributed by atoms with E-state index in [0.717, 1.165) is 18.8 Å². The minimum Gasteiger partial charge on any atom is -0.507 e. The Labute approximate surface area is 147 Å². The van der Waals surface area contributed by atoms with Crippen LogP contribution in [0.15, 0.2) is 66.8 Å². The minimum atomic E-state index is -1.26. The zero-order valence-corrected chi connectivity index (χ0v) is 14.5. The van der Waals surface area contributed by atoms with Gasteiger partial charge >= 0.3 is 5.97 Å². The van der Waals surface area contributed by atoms with Crippen LogP contribution in [0.2, 0.25) is 0 Å². The standard InChI is InChI=1S/C20H23NO4/c1-5-9-15(16(10-6-2)20(24)25)19(23)17-12-11-14(13-18(17)22)21(7-3)8-4/h5-6,9-13,22H,1-2,7-8H2,3-4H3,(H,24,25)/b15-9+,16-10+. The summed E-state index contributed by atoms with van der Waals surface area (Å²) in [6.07, 6.45) is 5.16. The fourth-order valence-electron chi connectivity index (χ4n) is 2.44. The number of carbonyl (C=O) groups is 2. The molecule has 0 saturated heterocycles. The first-order chi connectivity index (χ1) is 11.9. The Bertz CT molecular complexity index is 740. The molecule has 0 atom stereocenters. The number of carbonyl (C=O) groups excluding carboxylic acids is 1. The van der Waals surface area contributed by atoms with E-state index in [9.17, 15) is 19.8 Å². The van der Waals surface area contributed by atoms with Crippen molar-refractivity contribution in [3.8, 4) is 5.75 Å². The van der Waals surface area contributed by atoms with Crippen molar-refractivity contribution in [3.63, 3.8) is 0 Å². The first kappa shape index (κ1) is 20.0. The molecule has 1 rings (SSSR count). The van der Waals surface area contributed by atoms with Crippen LogP contribution in [-0.4, -0.2) is 35.1 Å². The predicted molar refractivity (Wildman–Crippen MR) is 100 cm³/mol. The minimum absolute atomic E-state index is 0.0280. The quantitative estimate of drug-likeness (QED) is 0.406. The monoisotopic (exact) mass is 341 g/mol. The predicted octanol–water partition coefficient (Wildman–Crippen LogP) is 3.73. The Morgan fingerprint density at radius 2 is 1.64 bits per heavy atom. The van der Waals surface area contributed by atoms with Gasteiger partial charge in [0.05, 0.1) is 11.1 Å². The average molecular weight is 341 g/mol. The van der Waals surface area contributed by atoms with Gasteiger partial charge in [-0.05, 0) is 32.1 Å². The van der Waals surface area contributed by atoms with Gasteiger partial charge in [-0.3, -0.25) is 4.79 Å². The number of carboxylic acid groups (broad SMARTS) is 1. The highest BCUT2D eigenvalue weighted by molar-refractivity contribution is 6.18. The molecule has 1 aromatic rings. The van der Waals surface area contributed by atoms with Gasteiger partial charge in [0.2, 0.25) is 0 Å². The highest BCUT2D eigenvalue weighted by Gasteiger charge is 2.23. The number of aliphatic carboxylic acids is 1. The summed E-state index contributed by atoms with van der Waals surface area (Å²) in [5.41, 5.74) is 0.522. The molecule has 0 aliphatic rings. The molecule has 5 heteroatoms. The summed E-state index contributed by atoms with van der Waals surface area (Å²) in [4.78, 5) is 26.2. The van der Waals surface area contributed by atoms with Crippen molar-refractivity contribution in [1.29, 1.82) is 0 Å². The van der Waals surface area contributed by atoms with Gasteiger partial charge in [-0.15, -0.1) is 0 Å². The average Bonchev–Trinajstić information content (AvgIpc) is 2.58. The molecule has 0 aliphatic carbocycles. The highest BCUT2D eigenvalue weighted by Crippen LogP contribution is 2.28. The molecular weight excluding hydrogens is 318 g/mol. The zero-order chi connectivity index (χ0) is 19.0. The number of benzene rings is 1. The van der Waals surface area contributed by atoms with Crippen molar-refractivity contribution in [2.75, 3.05) is 18.0 Å². The van der Waals surface area contributed by atoms with Gasteiger partial charge < -0.3 is 15.1 Å². The third-order valence-electron chi connectivity index (χ3n) is 3.69. The zero-order valence-electron chi connectivity index (χ0n) is 14.5. The van der Waals surface area contributed by atoms with Crippen LogP contribution in [0.25, 0.3) is 0 Å². The second-order valence-electron chi connectivity index (χ2n) is 5.14. The molecule has 1 aromatic carbocycles. The van der Waals surface area contributed by atoms with Gasteiger partial charge in [0, 0.05) is 30.4 Å². The van der Waals surface area contributed by atoms with Crippen LogP contribution in [0.3, 0.4) is 0 Å². The van der Waals surface area contributed by atoms with Crippen molar-refractivity contribution < 1.29 is 19.8 Å². The number of phenols is 1. The number of hydrogen-bond acceptors (Lipinski definition) is 4. The number of rotatable bonds is 9. The van der Waals surface area contributed by atoms with E-state index >= 15 is 0 Å². The molecule has 2 N–H and O–H groups in total. The fraction of sp³-hybridized carbons (Fsp3) is 0.200. The Balaban J connectivity index is 3.38. The number of aromatic hydroxyl groups is 1. The molecule has 0 heterocycles. The molecule has 0 aliphatic heterocycles. The summed E-state index contributed by atoms with van der Waals surface area (Å²) >= 11 is 0. The number of Topliss-reactive ketones (excluding diaryl/α,β-unsaturated/α-hetero) is 1. The van der Waals surface area contributed by atoms with Gasteiger partial charge in [-0.25, -0.2) is 4.79 Å². The highest BCUT2D eigenvalue weighted by atomic mass is 16.4. The lowest BCUT2D eigenvalue weighted by molar-refractivity contribution is -0.132. The molecule has 0 fully saturated rings. The number of allylic oxidation sites excluding steroid dienone is 4. The molecule has 0 bridgehead atoms. The van der Waals surface area contributed by atoms with E-state index in [2.05, 4.69) is 13.2 Å². The number of ketones is 1. The van der Waals surface area contributed by atoms with Crippen LogP contribution in [0.1, 0.15) is 24.2 Å². The molecular formula is C20H23NO4. The third-order valence-corrected chi connectivity index (χ3v) is 3.69. The Hall–Kier alpha value is -3.08. The number of hydrogen-bond donors (Lipinski definition) is 2. The summed E-state index contributed by atoms with van der Waals surface area (Å²) in [6, 6.07) is 4.72. The number of nitrogens with zero attached hydrogens (tertiary/aromatic N) is 1. The van der Waals surface area contributed by atoms with E-state index in [0.29, 0.717) is 0 Å². The number of anilines is 1. The summed E-state index contributed by atoms with van der Waals surface area (Å²) in [5, 5.41) is 19.6. The maximum absolute atomic E-state index is 12.8. The Morgan fingerprint density at radius 1 is 1.08 bits per heavy atom. The van der Waals surface area contributed by atoms with Gasteiger partial charge in [-0.1, -0.05) is 31.4 Å². The maximum Gasteiger partial charge on any atom is 0.336 e. The van der Waals surface area contributed by atoms with E-state index < -0.39 is 11.8 Å². The molecule has 0 amide bonds. The third kappa shape index (κ3) is 4.70. The van der Waals surface area contributed by atoms with Crippen LogP contribution in [-0.2, 0) is 4.79 Å². The molecule has 0 unspecified atom stereocenters. The van der Waals surface area contributed by atoms with Gasteiger partial charge in [0.25, 0.3) is 0 Å². The molecule has 0 saturated carbocycles. The van der Waals surface area contributed by atoms with Crippen molar-refractivity contribution in [1.82, 2.24) is 0 Å². The lowest BCUT2D eigenvalue weighted by Gasteiger charge is -2.21. The second-order valence-corrected chi connectivity index (χ2v) is 5.14. The topological polar surface area (TPSA) is 77.8 Å². The van der Waals surface area contributed by atoms with Crippen LogP contribution < -0.4 is 4.90 Å². The van der Waals surface area contributed by atoms with Crippen LogP contribution in [0.5, 0.6) is 5.75 Å². The van der Waals surface area contributed by atoms with Gasteiger partial charge in [0.15, 0.2) is 5.78 Å². The summed E-state index contributed by atoms with van der Waals surface area (Å²) in [7, 11) is 0. The smallest absolute Gasteiger partial charge is 0.336 e. The van der Waals surface area contributed by atoms with E-state index in [-0.39, 0.29) is 22.5 Å². The summed E-state index contributed by atoms with van der Waals surface area (Å²) < 4.78 is 0. The molecule has 5 nitrogen and oxygen atoms in total. The van der Waals surface area contributed by atoms with E-state index in [1.54, 1.807) is 6.07 Å². The second kappa shape index (κ2) is 9.27. The van der Waals surface area contributed by atoms with Gasteiger partial charge in [0.1, 0.15) is 5.75 Å². The number of phenolic OH excluding ortho intramolecular Hbond substituents is 1. The van der Waals surface area contributed by atoms with Crippen molar-refractivity contribution in [2.24, 2.45) is 0 Å². The maximum atomic E-state index is 12.8. The van der Waals surface area contributed by atoms with E-state index in [4.69, 9.17) is 0 Å². The fourth-order valence-corrected chi connectivity index (χ4v) is 2.44. The van der Waals surface area contributed by atoms with Crippen molar-refractivity contribution in [3.05, 3.63) is 72.4 Å². The Morgan fingerprint density at radius 3 is 2.08 bits per heavy atom. The van der Waals surface area contributed by atoms with Gasteiger partial charge in [-0.2, -0.15) is 0 Å². The molecule has 0 spiro atoms.